The van der Waals surface area contributed by atoms with Crippen molar-refractivity contribution in [3.63, 3.8) is 0 Å². The highest BCUT2D eigenvalue weighted by atomic mass is 32.2. The number of alkyl halides is 3. The molecular formula is C17H14F3NO5S2. The molecule has 28 heavy (non-hydrogen) atoms. The predicted molar refractivity (Wildman–Crippen MR) is 94.3 cm³/mol. The number of thiophene rings is 1. The number of hydrogen-bond acceptors (Lipinski definition) is 6. The molecule has 0 amide bonds. The normalized spacial score (nSPS) is 14.6. The van der Waals surface area contributed by atoms with E-state index in [0.717, 1.165) is 24.3 Å². The van der Waals surface area contributed by atoms with Crippen molar-refractivity contribution < 1.29 is 35.8 Å². The fourth-order valence-electron chi connectivity index (χ4n) is 2.43. The summed E-state index contributed by atoms with van der Waals surface area (Å²) < 4.78 is 72.9. The van der Waals surface area contributed by atoms with Gasteiger partial charge >= 0.3 is 6.36 Å². The highest BCUT2D eigenvalue weighted by Crippen LogP contribution is 2.33. The first-order chi connectivity index (χ1) is 13.1. The second kappa shape index (κ2) is 7.59. The van der Waals surface area contributed by atoms with Gasteiger partial charge in [0.1, 0.15) is 11.5 Å². The van der Waals surface area contributed by atoms with Gasteiger partial charge in [-0.25, -0.2) is 13.1 Å². The number of aliphatic hydroxyl groups is 1. The van der Waals surface area contributed by atoms with Gasteiger partial charge in [-0.2, -0.15) is 0 Å². The van der Waals surface area contributed by atoms with Crippen LogP contribution in [0.25, 0.3) is 0 Å². The minimum Gasteiger partial charge on any atom is -0.466 e. The molecule has 6 nitrogen and oxygen atoms in total. The van der Waals surface area contributed by atoms with Gasteiger partial charge in [-0.3, -0.25) is 0 Å². The van der Waals surface area contributed by atoms with Crippen LogP contribution in [0.5, 0.6) is 5.75 Å². The Hall–Kier alpha value is -2.34. The van der Waals surface area contributed by atoms with E-state index in [2.05, 4.69) is 9.46 Å². The third kappa shape index (κ3) is 4.55. The molecular weight excluding hydrogens is 419 g/mol. The van der Waals surface area contributed by atoms with Crippen LogP contribution < -0.4 is 9.46 Å². The van der Waals surface area contributed by atoms with Crippen LogP contribution >= 0.6 is 11.3 Å². The Morgan fingerprint density at radius 3 is 2.36 bits per heavy atom. The number of sulfonamides is 1. The van der Waals surface area contributed by atoms with Gasteiger partial charge in [0.05, 0.1) is 17.7 Å². The number of nitrogens with one attached hydrogen (secondary N) is 1. The van der Waals surface area contributed by atoms with Crippen molar-refractivity contribution in [3.05, 3.63) is 70.8 Å². The van der Waals surface area contributed by atoms with E-state index in [4.69, 9.17) is 4.42 Å². The Balaban J connectivity index is 1.80. The topological polar surface area (TPSA) is 88.8 Å². The van der Waals surface area contributed by atoms with Crippen LogP contribution in [-0.4, -0.2) is 26.4 Å². The second-order valence-corrected chi connectivity index (χ2v) is 8.37. The number of rotatable bonds is 7. The van der Waals surface area contributed by atoms with E-state index in [0.29, 0.717) is 4.88 Å². The lowest BCUT2D eigenvalue weighted by molar-refractivity contribution is -0.274. The Morgan fingerprint density at radius 2 is 1.82 bits per heavy atom. The zero-order valence-corrected chi connectivity index (χ0v) is 15.6. The smallest absolute Gasteiger partial charge is 0.466 e. The Bertz CT molecular complexity index is 964. The molecule has 0 unspecified atom stereocenters. The molecule has 0 aliphatic rings. The lowest BCUT2D eigenvalue weighted by atomic mass is 9.99. The van der Waals surface area contributed by atoms with Crippen LogP contribution in [-0.2, 0) is 15.6 Å². The maximum atomic E-state index is 12.5. The van der Waals surface area contributed by atoms with Crippen molar-refractivity contribution in [3.8, 4) is 5.75 Å². The predicted octanol–water partition coefficient (Wildman–Crippen LogP) is 3.45. The molecule has 150 valence electrons. The van der Waals surface area contributed by atoms with E-state index in [1.54, 1.807) is 23.6 Å². The van der Waals surface area contributed by atoms with E-state index < -0.39 is 34.3 Å². The first-order valence-corrected chi connectivity index (χ1v) is 10.1. The number of ether oxygens (including phenoxy) is 1. The van der Waals surface area contributed by atoms with Crippen LogP contribution in [0.1, 0.15) is 10.6 Å². The van der Waals surface area contributed by atoms with Crippen LogP contribution in [0.4, 0.5) is 13.2 Å². The van der Waals surface area contributed by atoms with Crippen molar-refractivity contribution >= 4 is 21.4 Å². The highest BCUT2D eigenvalue weighted by Gasteiger charge is 2.37. The summed E-state index contributed by atoms with van der Waals surface area (Å²) in [6.07, 6.45) is -3.53. The first-order valence-electron chi connectivity index (χ1n) is 7.76. The molecule has 2 heterocycles. The Labute approximate surface area is 162 Å². The molecule has 0 fully saturated rings. The van der Waals surface area contributed by atoms with Gasteiger partial charge in [0.15, 0.2) is 5.60 Å². The maximum Gasteiger partial charge on any atom is 0.573 e. The summed E-state index contributed by atoms with van der Waals surface area (Å²) in [7, 11) is -4.12. The molecule has 1 atom stereocenters. The number of benzene rings is 1. The van der Waals surface area contributed by atoms with Crippen LogP contribution in [0.3, 0.4) is 0 Å². The summed E-state index contributed by atoms with van der Waals surface area (Å²) in [6, 6.07) is 10.1. The lowest BCUT2D eigenvalue weighted by Crippen LogP contribution is -2.40. The van der Waals surface area contributed by atoms with Gasteiger partial charge in [-0.05, 0) is 47.8 Å². The van der Waals surface area contributed by atoms with Gasteiger partial charge in [-0.15, -0.1) is 24.5 Å². The van der Waals surface area contributed by atoms with E-state index in [9.17, 15) is 26.7 Å². The summed E-state index contributed by atoms with van der Waals surface area (Å²) in [5, 5.41) is 12.8. The fourth-order valence-corrected chi connectivity index (χ4v) is 4.32. The van der Waals surface area contributed by atoms with E-state index in [1.165, 1.54) is 23.7 Å². The SMILES string of the molecule is O=S(=O)(NC[C@@](O)(c1ccco1)c1cccs1)c1ccc(OC(F)(F)F)cc1. The fraction of sp³-hybridized carbons (Fsp3) is 0.176. The van der Waals surface area contributed by atoms with Gasteiger partial charge in [0, 0.05) is 4.88 Å². The maximum absolute atomic E-state index is 12.5. The van der Waals surface area contributed by atoms with Gasteiger partial charge in [0.2, 0.25) is 10.0 Å². The standard InChI is InChI=1S/C17H14F3NO5S2/c18-17(19,20)26-12-5-7-13(8-6-12)28(23,24)21-11-16(22,14-3-1-9-25-14)15-4-2-10-27-15/h1-10,21-22H,11H2/t16-/m1/s1. The quantitative estimate of drug-likeness (QED) is 0.596. The largest absolute Gasteiger partial charge is 0.573 e. The Morgan fingerprint density at radius 1 is 1.11 bits per heavy atom. The van der Waals surface area contributed by atoms with Crippen molar-refractivity contribution in [1.82, 2.24) is 4.72 Å². The molecule has 0 spiro atoms. The molecule has 2 aromatic heterocycles. The van der Waals surface area contributed by atoms with E-state index >= 15 is 0 Å². The average molecular weight is 433 g/mol. The summed E-state index contributed by atoms with van der Waals surface area (Å²) in [6.45, 7) is -0.440. The van der Waals surface area contributed by atoms with Crippen LogP contribution in [0.2, 0.25) is 0 Å². The molecule has 0 bridgehead atoms. The zero-order valence-electron chi connectivity index (χ0n) is 14.0. The summed E-state index contributed by atoms with van der Waals surface area (Å²) in [4.78, 5) is 0.175. The Kier molecular flexibility index (Phi) is 5.53. The first kappa shape index (κ1) is 20.4. The van der Waals surface area contributed by atoms with Gasteiger partial charge in [0.25, 0.3) is 0 Å². The van der Waals surface area contributed by atoms with Crippen molar-refractivity contribution in [2.45, 2.75) is 16.9 Å². The molecule has 0 aliphatic heterocycles. The van der Waals surface area contributed by atoms with Gasteiger partial charge in [-0.1, -0.05) is 6.07 Å². The summed E-state index contributed by atoms with van der Waals surface area (Å²) >= 11 is 1.21. The van der Waals surface area contributed by atoms with E-state index in [-0.39, 0.29) is 10.7 Å². The lowest BCUT2D eigenvalue weighted by Gasteiger charge is -2.25. The molecule has 2 N–H and O–H groups in total. The third-order valence-corrected chi connectivity index (χ3v) is 6.18. The van der Waals surface area contributed by atoms with Crippen molar-refractivity contribution in [2.24, 2.45) is 0 Å². The van der Waals surface area contributed by atoms with Crippen molar-refractivity contribution in [2.75, 3.05) is 6.54 Å². The van der Waals surface area contributed by atoms with Crippen LogP contribution in [0, 0.1) is 0 Å². The number of furan rings is 1. The highest BCUT2D eigenvalue weighted by molar-refractivity contribution is 7.89. The molecule has 3 aromatic rings. The number of halogens is 3. The molecule has 0 aliphatic carbocycles. The second-order valence-electron chi connectivity index (χ2n) is 5.66. The van der Waals surface area contributed by atoms with Gasteiger partial charge < -0.3 is 14.3 Å². The van der Waals surface area contributed by atoms with E-state index in [1.807, 2.05) is 0 Å². The molecule has 0 saturated carbocycles. The van der Waals surface area contributed by atoms with Crippen molar-refractivity contribution in [1.29, 1.82) is 0 Å². The molecule has 0 radical (unpaired) electrons. The minimum absolute atomic E-state index is 0.145. The summed E-state index contributed by atoms with van der Waals surface area (Å²) in [5.41, 5.74) is -1.75. The zero-order chi connectivity index (χ0) is 20.4. The average Bonchev–Trinajstić information content (AvgIpc) is 3.32. The third-order valence-electron chi connectivity index (χ3n) is 3.74. The molecule has 0 saturated heterocycles. The molecule has 3 rings (SSSR count). The minimum atomic E-state index is -4.88. The molecule has 11 heteroatoms. The number of hydrogen-bond donors (Lipinski definition) is 2. The van der Waals surface area contributed by atoms with Crippen LogP contribution in [0.15, 0.2) is 69.5 Å². The molecule has 1 aromatic carbocycles. The monoisotopic (exact) mass is 433 g/mol. The summed E-state index contributed by atoms with van der Waals surface area (Å²) in [5.74, 6) is -0.399.